The molecule has 0 atom stereocenters. The summed E-state index contributed by atoms with van der Waals surface area (Å²) in [6.45, 7) is 1.85. The molecule has 0 spiro atoms. The second-order valence-electron chi connectivity index (χ2n) is 5.62. The number of nitrogens with zero attached hydrogens (tertiary/aromatic N) is 3. The Kier molecular flexibility index (Phi) is 5.50. The molecule has 138 valence electrons. The summed E-state index contributed by atoms with van der Waals surface area (Å²) in [6, 6.07) is 4.86. The summed E-state index contributed by atoms with van der Waals surface area (Å²) >= 11 is -0.206. The number of nitrogens with one attached hydrogen (secondary N) is 2. The fourth-order valence-corrected chi connectivity index (χ4v) is 3.04. The van der Waals surface area contributed by atoms with Gasteiger partial charge >= 0.3 is 11.5 Å². The molecule has 2 aromatic rings. The van der Waals surface area contributed by atoms with Gasteiger partial charge in [-0.05, 0) is 48.9 Å². The minimum absolute atomic E-state index is 0.0503. The van der Waals surface area contributed by atoms with Crippen molar-refractivity contribution in [1.29, 1.82) is 0 Å². The van der Waals surface area contributed by atoms with Crippen LogP contribution in [0.15, 0.2) is 41.6 Å². The van der Waals surface area contributed by atoms with Gasteiger partial charge in [-0.2, -0.15) is 13.2 Å². The van der Waals surface area contributed by atoms with Crippen molar-refractivity contribution in [2.75, 3.05) is 28.6 Å². The molecule has 0 bridgehead atoms. The van der Waals surface area contributed by atoms with Gasteiger partial charge in [-0.15, -0.1) is 0 Å². The van der Waals surface area contributed by atoms with E-state index >= 15 is 0 Å². The van der Waals surface area contributed by atoms with Gasteiger partial charge < -0.3 is 15.5 Å². The molecule has 3 rings (SSSR count). The lowest BCUT2D eigenvalue weighted by molar-refractivity contribution is -0.0328. The van der Waals surface area contributed by atoms with Crippen LogP contribution in [0.3, 0.4) is 0 Å². The molecule has 2 heterocycles. The Morgan fingerprint density at radius 3 is 2.15 bits per heavy atom. The maximum atomic E-state index is 12.3. The maximum absolute atomic E-state index is 12.3. The summed E-state index contributed by atoms with van der Waals surface area (Å²) in [6.07, 6.45) is 5.27. The van der Waals surface area contributed by atoms with Crippen molar-refractivity contribution < 1.29 is 18.0 Å². The topological polar surface area (TPSA) is 70.2 Å². The van der Waals surface area contributed by atoms with E-state index in [0.717, 1.165) is 25.9 Å². The first kappa shape index (κ1) is 18.3. The number of anilines is 3. The maximum Gasteiger partial charge on any atom is 0.446 e. The lowest BCUT2D eigenvalue weighted by Gasteiger charge is -2.15. The van der Waals surface area contributed by atoms with Crippen molar-refractivity contribution in [3.63, 3.8) is 0 Å². The van der Waals surface area contributed by atoms with Gasteiger partial charge in [0.2, 0.25) is 5.95 Å². The van der Waals surface area contributed by atoms with E-state index in [-0.39, 0.29) is 16.7 Å². The molecule has 0 saturated carbocycles. The Morgan fingerprint density at radius 2 is 1.58 bits per heavy atom. The fraction of sp³-hybridized carbons (Fsp3) is 0.312. The molecule has 0 unspecified atom stereocenters. The molecule has 26 heavy (non-hydrogen) atoms. The van der Waals surface area contributed by atoms with Gasteiger partial charge in [0.15, 0.2) is 0 Å². The Bertz CT molecular complexity index is 746. The minimum atomic E-state index is -4.34. The van der Waals surface area contributed by atoms with Crippen LogP contribution in [-0.2, 0) is 0 Å². The van der Waals surface area contributed by atoms with E-state index in [0.29, 0.717) is 17.3 Å². The van der Waals surface area contributed by atoms with E-state index in [4.69, 9.17) is 0 Å². The second kappa shape index (κ2) is 7.81. The molecular formula is C16H16F3N5OS. The number of rotatable bonds is 4. The van der Waals surface area contributed by atoms with Gasteiger partial charge in [0.05, 0.1) is 18.1 Å². The van der Waals surface area contributed by atoms with Crippen molar-refractivity contribution in [2.24, 2.45) is 0 Å². The van der Waals surface area contributed by atoms with Crippen LogP contribution in [0.2, 0.25) is 0 Å². The molecule has 0 radical (unpaired) electrons. The average molecular weight is 383 g/mol. The van der Waals surface area contributed by atoms with Gasteiger partial charge in [0.1, 0.15) is 0 Å². The smallest absolute Gasteiger partial charge is 0.341 e. The standard InChI is InChI=1S/C16H16F3N5OS/c17-16(18,19)26-13-5-3-11(4-6-13)22-15(25)23-12-9-20-14(21-10-12)24-7-1-2-8-24/h3-6,9-10H,1-2,7-8H2,(H2,22,23,25). The van der Waals surface area contributed by atoms with E-state index in [1.165, 1.54) is 36.7 Å². The number of alkyl halides is 3. The van der Waals surface area contributed by atoms with Crippen LogP contribution in [0, 0.1) is 0 Å². The summed E-state index contributed by atoms with van der Waals surface area (Å²) in [4.78, 5) is 22.5. The zero-order valence-electron chi connectivity index (χ0n) is 13.6. The van der Waals surface area contributed by atoms with E-state index in [1.807, 2.05) is 0 Å². The van der Waals surface area contributed by atoms with Crippen LogP contribution in [-0.4, -0.2) is 34.6 Å². The van der Waals surface area contributed by atoms with Crippen molar-refractivity contribution in [2.45, 2.75) is 23.2 Å². The number of thioether (sulfide) groups is 1. The number of hydrogen-bond acceptors (Lipinski definition) is 5. The first-order chi connectivity index (χ1) is 12.4. The monoisotopic (exact) mass is 383 g/mol. The third kappa shape index (κ3) is 5.25. The zero-order valence-corrected chi connectivity index (χ0v) is 14.4. The van der Waals surface area contributed by atoms with Crippen LogP contribution < -0.4 is 15.5 Å². The van der Waals surface area contributed by atoms with E-state index < -0.39 is 11.5 Å². The quantitative estimate of drug-likeness (QED) is 0.769. The molecule has 1 saturated heterocycles. The van der Waals surface area contributed by atoms with Gasteiger partial charge in [-0.3, -0.25) is 0 Å². The first-order valence-electron chi connectivity index (χ1n) is 7.90. The fourth-order valence-electron chi connectivity index (χ4n) is 2.50. The molecule has 2 amide bonds. The van der Waals surface area contributed by atoms with Gasteiger partial charge in [0, 0.05) is 23.7 Å². The number of hydrogen-bond donors (Lipinski definition) is 2. The van der Waals surface area contributed by atoms with Gasteiger partial charge in [-0.25, -0.2) is 14.8 Å². The highest BCUT2D eigenvalue weighted by Crippen LogP contribution is 2.37. The number of benzene rings is 1. The van der Waals surface area contributed by atoms with Crippen LogP contribution >= 0.6 is 11.8 Å². The number of aromatic nitrogens is 2. The molecule has 1 aromatic heterocycles. The number of carbonyl (C=O) groups is 1. The van der Waals surface area contributed by atoms with Crippen molar-refractivity contribution in [3.8, 4) is 0 Å². The molecule has 10 heteroatoms. The zero-order chi connectivity index (χ0) is 18.6. The summed E-state index contributed by atoms with van der Waals surface area (Å²) in [7, 11) is 0. The molecule has 1 fully saturated rings. The molecule has 2 N–H and O–H groups in total. The number of carbonyl (C=O) groups excluding carboxylic acids is 1. The third-order valence-corrected chi connectivity index (χ3v) is 4.37. The minimum Gasteiger partial charge on any atom is -0.341 e. The molecule has 0 aliphatic carbocycles. The number of urea groups is 1. The summed E-state index contributed by atoms with van der Waals surface area (Å²) in [5.41, 5.74) is -3.54. The Labute approximate surface area is 152 Å². The normalized spacial score (nSPS) is 14.3. The van der Waals surface area contributed by atoms with Gasteiger partial charge in [0.25, 0.3) is 0 Å². The highest BCUT2D eigenvalue weighted by Gasteiger charge is 2.29. The SMILES string of the molecule is O=C(Nc1ccc(SC(F)(F)F)cc1)Nc1cnc(N2CCCC2)nc1. The van der Waals surface area contributed by atoms with E-state index in [9.17, 15) is 18.0 Å². The average Bonchev–Trinajstić information content (AvgIpc) is 3.10. The third-order valence-electron chi connectivity index (χ3n) is 3.63. The summed E-state index contributed by atoms with van der Waals surface area (Å²) < 4.78 is 36.9. The van der Waals surface area contributed by atoms with Gasteiger partial charge in [-0.1, -0.05) is 0 Å². The lowest BCUT2D eigenvalue weighted by Crippen LogP contribution is -2.22. The van der Waals surface area contributed by atoms with Crippen molar-refractivity contribution in [3.05, 3.63) is 36.7 Å². The van der Waals surface area contributed by atoms with Crippen LogP contribution in [0.25, 0.3) is 0 Å². The second-order valence-corrected chi connectivity index (χ2v) is 6.76. The highest BCUT2D eigenvalue weighted by molar-refractivity contribution is 8.00. The Hall–Kier alpha value is -2.49. The highest BCUT2D eigenvalue weighted by atomic mass is 32.2. The lowest BCUT2D eigenvalue weighted by atomic mass is 10.3. The Balaban J connectivity index is 1.53. The predicted molar refractivity (Wildman–Crippen MR) is 94.5 cm³/mol. The summed E-state index contributed by atoms with van der Waals surface area (Å²) in [5, 5.41) is 5.13. The molecule has 1 aliphatic rings. The van der Waals surface area contributed by atoms with Crippen molar-refractivity contribution >= 4 is 35.1 Å². The molecular weight excluding hydrogens is 367 g/mol. The van der Waals surface area contributed by atoms with Crippen molar-refractivity contribution in [1.82, 2.24) is 9.97 Å². The Morgan fingerprint density at radius 1 is 1.00 bits per heavy atom. The van der Waals surface area contributed by atoms with E-state index in [2.05, 4.69) is 25.5 Å². The number of amides is 2. The largest absolute Gasteiger partial charge is 0.446 e. The van der Waals surface area contributed by atoms with Crippen LogP contribution in [0.5, 0.6) is 0 Å². The van der Waals surface area contributed by atoms with Crippen LogP contribution in [0.1, 0.15) is 12.8 Å². The predicted octanol–water partition coefficient (Wildman–Crippen LogP) is 4.33. The van der Waals surface area contributed by atoms with Crippen LogP contribution in [0.4, 0.5) is 35.3 Å². The first-order valence-corrected chi connectivity index (χ1v) is 8.71. The molecule has 1 aliphatic heterocycles. The number of halogens is 3. The van der Waals surface area contributed by atoms with E-state index in [1.54, 1.807) is 0 Å². The summed E-state index contributed by atoms with van der Waals surface area (Å²) in [5.74, 6) is 0.631. The molecule has 6 nitrogen and oxygen atoms in total. The molecule has 1 aromatic carbocycles.